The summed E-state index contributed by atoms with van der Waals surface area (Å²) < 4.78 is 7.25. The number of fused-ring (bicyclic) bond motifs is 1. The summed E-state index contributed by atoms with van der Waals surface area (Å²) in [6.07, 6.45) is 2.61. The molecule has 6 nitrogen and oxygen atoms in total. The highest BCUT2D eigenvalue weighted by Crippen LogP contribution is 2.40. The smallest absolute Gasteiger partial charge is 0.341 e. The molecule has 1 amide bonds. The number of aromatic nitrogens is 2. The maximum Gasteiger partial charge on any atom is 0.341 e. The van der Waals surface area contributed by atoms with Crippen molar-refractivity contribution >= 4 is 33.9 Å². The molecule has 164 valence electrons. The van der Waals surface area contributed by atoms with Gasteiger partial charge in [0.1, 0.15) is 16.2 Å². The van der Waals surface area contributed by atoms with Crippen molar-refractivity contribution < 1.29 is 14.3 Å². The van der Waals surface area contributed by atoms with Gasteiger partial charge in [-0.2, -0.15) is 0 Å². The van der Waals surface area contributed by atoms with Crippen molar-refractivity contribution in [3.63, 3.8) is 0 Å². The van der Waals surface area contributed by atoms with Crippen LogP contribution in [0.5, 0.6) is 0 Å². The van der Waals surface area contributed by atoms with Gasteiger partial charge in [-0.15, -0.1) is 11.3 Å². The summed E-state index contributed by atoms with van der Waals surface area (Å²) in [6.45, 7) is 8.02. The Morgan fingerprint density at radius 2 is 1.84 bits per heavy atom. The number of carbonyl (C=O) groups excluding carboxylic acids is 2. The first-order valence-corrected chi connectivity index (χ1v) is 11.4. The Bertz CT molecular complexity index is 1310. The monoisotopic (exact) mass is 447 g/mol. The number of rotatable bonds is 6. The number of anilines is 1. The van der Waals surface area contributed by atoms with Crippen LogP contribution in [0.25, 0.3) is 16.8 Å². The highest BCUT2D eigenvalue weighted by Gasteiger charge is 2.26. The zero-order valence-corrected chi connectivity index (χ0v) is 19.4. The standard InChI is InChI=1S/C25H25N3O3S/c1-5-19-15(3)28-14-18(12-13-20(28)26-19)23(29)27-24-22(25(30)31-6-2)21(16(4)32-24)17-10-8-7-9-11-17/h7-14H,5-6H2,1-4H3,(H,27,29). The molecule has 1 aromatic carbocycles. The molecule has 3 aromatic heterocycles. The lowest BCUT2D eigenvalue weighted by Gasteiger charge is -2.09. The first-order valence-electron chi connectivity index (χ1n) is 10.6. The van der Waals surface area contributed by atoms with Gasteiger partial charge < -0.3 is 14.5 Å². The fourth-order valence-corrected chi connectivity index (χ4v) is 4.90. The van der Waals surface area contributed by atoms with Crippen molar-refractivity contribution in [1.29, 1.82) is 0 Å². The molecule has 0 saturated carbocycles. The second-order valence-corrected chi connectivity index (χ2v) is 8.65. The summed E-state index contributed by atoms with van der Waals surface area (Å²) >= 11 is 1.38. The fraction of sp³-hybridized carbons (Fsp3) is 0.240. The SMILES string of the molecule is CCOC(=O)c1c(NC(=O)c2ccc3nc(CC)c(C)n3c2)sc(C)c1-c1ccccc1. The van der Waals surface area contributed by atoms with Gasteiger partial charge in [0.25, 0.3) is 5.91 Å². The Morgan fingerprint density at radius 3 is 2.53 bits per heavy atom. The van der Waals surface area contributed by atoms with E-state index in [4.69, 9.17) is 4.74 Å². The van der Waals surface area contributed by atoms with E-state index in [-0.39, 0.29) is 12.5 Å². The van der Waals surface area contributed by atoms with Gasteiger partial charge in [-0.1, -0.05) is 37.3 Å². The number of hydrogen-bond donors (Lipinski definition) is 1. The summed E-state index contributed by atoms with van der Waals surface area (Å²) in [6, 6.07) is 13.3. The van der Waals surface area contributed by atoms with E-state index in [1.54, 1.807) is 19.2 Å². The van der Waals surface area contributed by atoms with Crippen LogP contribution in [0.4, 0.5) is 5.00 Å². The van der Waals surface area contributed by atoms with Crippen LogP contribution >= 0.6 is 11.3 Å². The van der Waals surface area contributed by atoms with Crippen molar-refractivity contribution in [3.05, 3.63) is 76.1 Å². The Labute approximate surface area is 190 Å². The average Bonchev–Trinajstić information content (AvgIpc) is 3.30. The number of amides is 1. The molecule has 0 atom stereocenters. The van der Waals surface area contributed by atoms with E-state index in [2.05, 4.69) is 17.2 Å². The molecule has 1 N–H and O–H groups in total. The van der Waals surface area contributed by atoms with Crippen LogP contribution in [-0.2, 0) is 11.2 Å². The van der Waals surface area contributed by atoms with Crippen LogP contribution in [0, 0.1) is 13.8 Å². The number of imidazole rings is 1. The van der Waals surface area contributed by atoms with E-state index in [9.17, 15) is 9.59 Å². The van der Waals surface area contributed by atoms with Crippen molar-refractivity contribution in [2.45, 2.75) is 34.1 Å². The minimum absolute atomic E-state index is 0.256. The second-order valence-electron chi connectivity index (χ2n) is 7.42. The van der Waals surface area contributed by atoms with Crippen LogP contribution in [0.3, 0.4) is 0 Å². The van der Waals surface area contributed by atoms with Crippen LogP contribution in [0.1, 0.15) is 50.8 Å². The number of ether oxygens (including phenoxy) is 1. The van der Waals surface area contributed by atoms with Crippen molar-refractivity contribution in [3.8, 4) is 11.1 Å². The van der Waals surface area contributed by atoms with Gasteiger partial charge in [-0.05, 0) is 44.9 Å². The van der Waals surface area contributed by atoms with Crippen LogP contribution < -0.4 is 5.32 Å². The van der Waals surface area contributed by atoms with Crippen LogP contribution in [0.15, 0.2) is 48.7 Å². The quantitative estimate of drug-likeness (QED) is 0.387. The van der Waals surface area contributed by atoms with Gasteiger partial charge in [-0.3, -0.25) is 4.79 Å². The Morgan fingerprint density at radius 1 is 1.09 bits per heavy atom. The molecule has 0 spiro atoms. The van der Waals surface area contributed by atoms with E-state index >= 15 is 0 Å². The van der Waals surface area contributed by atoms with Gasteiger partial charge in [0.15, 0.2) is 0 Å². The van der Waals surface area contributed by atoms with E-state index < -0.39 is 5.97 Å². The van der Waals surface area contributed by atoms with E-state index in [1.165, 1.54) is 11.3 Å². The van der Waals surface area contributed by atoms with E-state index in [1.807, 2.05) is 54.6 Å². The molecule has 0 aliphatic rings. The molecule has 0 unspecified atom stereocenters. The van der Waals surface area contributed by atoms with Crippen LogP contribution in [-0.4, -0.2) is 27.9 Å². The molecular weight excluding hydrogens is 422 g/mol. The summed E-state index contributed by atoms with van der Waals surface area (Å²) in [5.41, 5.74) is 5.41. The molecule has 32 heavy (non-hydrogen) atoms. The van der Waals surface area contributed by atoms with Crippen LogP contribution in [0.2, 0.25) is 0 Å². The molecule has 0 radical (unpaired) electrons. The second kappa shape index (κ2) is 8.96. The normalized spacial score (nSPS) is 11.0. The fourth-order valence-electron chi connectivity index (χ4n) is 3.84. The Balaban J connectivity index is 1.74. The number of benzene rings is 1. The summed E-state index contributed by atoms with van der Waals surface area (Å²) in [5, 5.41) is 3.43. The highest BCUT2D eigenvalue weighted by atomic mass is 32.1. The first kappa shape index (κ1) is 21.8. The number of carbonyl (C=O) groups is 2. The molecule has 4 aromatic rings. The van der Waals surface area contributed by atoms with Crippen molar-refractivity contribution in [2.75, 3.05) is 11.9 Å². The first-order chi connectivity index (χ1) is 15.4. The summed E-state index contributed by atoms with van der Waals surface area (Å²) in [7, 11) is 0. The molecule has 0 aliphatic carbocycles. The maximum absolute atomic E-state index is 13.1. The Hall–Kier alpha value is -3.45. The predicted molar refractivity (Wildman–Crippen MR) is 128 cm³/mol. The molecule has 0 saturated heterocycles. The lowest BCUT2D eigenvalue weighted by atomic mass is 10.0. The predicted octanol–water partition coefficient (Wildman–Crippen LogP) is 5.67. The molecule has 7 heteroatoms. The number of aryl methyl sites for hydroxylation is 3. The van der Waals surface area contributed by atoms with Gasteiger partial charge in [0.2, 0.25) is 0 Å². The van der Waals surface area contributed by atoms with Gasteiger partial charge in [-0.25, -0.2) is 9.78 Å². The molecule has 0 fully saturated rings. The molecular formula is C25H25N3O3S. The minimum atomic E-state index is -0.445. The maximum atomic E-state index is 13.1. The lowest BCUT2D eigenvalue weighted by molar-refractivity contribution is 0.0529. The molecule has 0 bridgehead atoms. The minimum Gasteiger partial charge on any atom is -0.462 e. The average molecular weight is 448 g/mol. The molecule has 0 aliphatic heterocycles. The lowest BCUT2D eigenvalue weighted by Crippen LogP contribution is -2.15. The number of pyridine rings is 1. The van der Waals surface area contributed by atoms with E-state index in [0.717, 1.165) is 39.5 Å². The van der Waals surface area contributed by atoms with Crippen molar-refractivity contribution in [1.82, 2.24) is 9.38 Å². The number of esters is 1. The highest BCUT2D eigenvalue weighted by molar-refractivity contribution is 7.17. The zero-order valence-electron chi connectivity index (χ0n) is 18.6. The third-order valence-electron chi connectivity index (χ3n) is 5.41. The number of thiophene rings is 1. The molecule has 4 rings (SSSR count). The van der Waals surface area contributed by atoms with Gasteiger partial charge in [0, 0.05) is 22.3 Å². The summed E-state index contributed by atoms with van der Waals surface area (Å²) in [4.78, 5) is 31.5. The van der Waals surface area contributed by atoms with Gasteiger partial charge >= 0.3 is 5.97 Å². The van der Waals surface area contributed by atoms with Gasteiger partial charge in [0.05, 0.1) is 17.9 Å². The zero-order chi connectivity index (χ0) is 22.8. The van der Waals surface area contributed by atoms with E-state index in [0.29, 0.717) is 16.1 Å². The third kappa shape index (κ3) is 3.91. The van der Waals surface area contributed by atoms with Crippen molar-refractivity contribution in [2.24, 2.45) is 0 Å². The Kier molecular flexibility index (Phi) is 6.10. The third-order valence-corrected chi connectivity index (χ3v) is 6.43. The topological polar surface area (TPSA) is 72.7 Å². The number of nitrogens with zero attached hydrogens (tertiary/aromatic N) is 2. The number of hydrogen-bond acceptors (Lipinski definition) is 5. The number of nitrogens with one attached hydrogen (secondary N) is 1. The summed E-state index contributed by atoms with van der Waals surface area (Å²) in [5.74, 6) is -0.732. The largest absolute Gasteiger partial charge is 0.462 e. The molecule has 3 heterocycles.